The number of carbonyl (C=O) groups excluding carboxylic acids is 2. The monoisotopic (exact) mass is 213 g/mol. The van der Waals surface area contributed by atoms with E-state index in [4.69, 9.17) is 4.74 Å². The number of hydrogen-bond acceptors (Lipinski definition) is 3. The minimum Gasteiger partial charge on any atom is -0.459 e. The van der Waals surface area contributed by atoms with Crippen LogP contribution < -0.4 is 0 Å². The Labute approximate surface area is 90.6 Å². The van der Waals surface area contributed by atoms with Crippen LogP contribution in [0.15, 0.2) is 0 Å². The molecule has 0 aromatic rings. The Kier molecular flexibility index (Phi) is 4.12. The second kappa shape index (κ2) is 5.14. The highest BCUT2D eigenvalue weighted by Crippen LogP contribution is 2.22. The number of hydrogen-bond donors (Lipinski definition) is 0. The fourth-order valence-corrected chi connectivity index (χ4v) is 2.12. The molecule has 4 heteroatoms. The smallest absolute Gasteiger partial charge is 0.397 e. The molecule has 2 unspecified atom stereocenters. The Balaban J connectivity index is 2.67. The van der Waals surface area contributed by atoms with Gasteiger partial charge in [0.15, 0.2) is 0 Å². The van der Waals surface area contributed by atoms with Gasteiger partial charge in [0, 0.05) is 12.1 Å². The van der Waals surface area contributed by atoms with Gasteiger partial charge < -0.3 is 9.64 Å². The van der Waals surface area contributed by atoms with Gasteiger partial charge in [-0.25, -0.2) is 4.79 Å². The lowest BCUT2D eigenvalue weighted by Crippen LogP contribution is -2.50. The van der Waals surface area contributed by atoms with Crippen LogP contribution in [0.2, 0.25) is 0 Å². The molecule has 1 rings (SSSR count). The summed E-state index contributed by atoms with van der Waals surface area (Å²) in [6, 6.07) is 0.288. The van der Waals surface area contributed by atoms with Gasteiger partial charge in [-0.15, -0.1) is 0 Å². The Bertz CT molecular complexity index is 242. The maximum absolute atomic E-state index is 11.8. The maximum atomic E-state index is 11.8. The van der Waals surface area contributed by atoms with Gasteiger partial charge in [-0.3, -0.25) is 4.79 Å². The molecule has 1 aliphatic heterocycles. The molecule has 1 saturated heterocycles. The van der Waals surface area contributed by atoms with Crippen molar-refractivity contribution in [2.24, 2.45) is 0 Å². The van der Waals surface area contributed by atoms with Gasteiger partial charge in [-0.05, 0) is 40.0 Å². The third-order valence-electron chi connectivity index (χ3n) is 2.88. The molecule has 15 heavy (non-hydrogen) atoms. The van der Waals surface area contributed by atoms with Gasteiger partial charge in [0.1, 0.15) is 0 Å². The van der Waals surface area contributed by atoms with Crippen LogP contribution in [-0.4, -0.2) is 35.5 Å². The van der Waals surface area contributed by atoms with E-state index in [-0.39, 0.29) is 18.7 Å². The number of amides is 1. The zero-order valence-corrected chi connectivity index (χ0v) is 9.66. The first kappa shape index (κ1) is 12.0. The highest BCUT2D eigenvalue weighted by atomic mass is 16.5. The molecule has 86 valence electrons. The molecule has 0 spiro atoms. The number of piperidine rings is 1. The van der Waals surface area contributed by atoms with Crippen molar-refractivity contribution in [1.29, 1.82) is 0 Å². The van der Waals surface area contributed by atoms with Crippen LogP contribution in [0.1, 0.15) is 40.0 Å². The summed E-state index contributed by atoms with van der Waals surface area (Å²) < 4.78 is 4.72. The van der Waals surface area contributed by atoms with E-state index in [1.807, 2.05) is 13.8 Å². The average molecular weight is 213 g/mol. The van der Waals surface area contributed by atoms with Crippen molar-refractivity contribution < 1.29 is 14.3 Å². The predicted octanol–water partition coefficient (Wildman–Crippen LogP) is 1.34. The molecule has 2 atom stereocenters. The van der Waals surface area contributed by atoms with Gasteiger partial charge in [-0.1, -0.05) is 0 Å². The Morgan fingerprint density at radius 3 is 2.27 bits per heavy atom. The summed E-state index contributed by atoms with van der Waals surface area (Å²) in [5.41, 5.74) is 0. The van der Waals surface area contributed by atoms with Gasteiger partial charge in [-0.2, -0.15) is 0 Å². The highest BCUT2D eigenvalue weighted by Gasteiger charge is 2.33. The molecule has 0 N–H and O–H groups in total. The maximum Gasteiger partial charge on any atom is 0.397 e. The Morgan fingerprint density at radius 2 is 1.80 bits per heavy atom. The number of esters is 1. The lowest BCUT2D eigenvalue weighted by atomic mass is 9.97. The van der Waals surface area contributed by atoms with Gasteiger partial charge in [0.25, 0.3) is 0 Å². The molecule has 1 heterocycles. The summed E-state index contributed by atoms with van der Waals surface area (Å²) in [5, 5.41) is 0. The van der Waals surface area contributed by atoms with Crippen molar-refractivity contribution in [3.63, 3.8) is 0 Å². The lowest BCUT2D eigenvalue weighted by Gasteiger charge is -2.38. The molecule has 1 aliphatic rings. The van der Waals surface area contributed by atoms with E-state index in [2.05, 4.69) is 0 Å². The summed E-state index contributed by atoms with van der Waals surface area (Å²) >= 11 is 0. The summed E-state index contributed by atoms with van der Waals surface area (Å²) in [6.45, 7) is 5.91. The third kappa shape index (κ3) is 2.70. The number of ether oxygens (including phenoxy) is 1. The molecule has 0 radical (unpaired) electrons. The number of nitrogens with zero attached hydrogens (tertiary/aromatic N) is 1. The van der Waals surface area contributed by atoms with Crippen LogP contribution in [0.5, 0.6) is 0 Å². The largest absolute Gasteiger partial charge is 0.459 e. The van der Waals surface area contributed by atoms with Gasteiger partial charge in [0.05, 0.1) is 6.61 Å². The Morgan fingerprint density at radius 1 is 1.27 bits per heavy atom. The van der Waals surface area contributed by atoms with Crippen molar-refractivity contribution in [2.45, 2.75) is 52.1 Å². The van der Waals surface area contributed by atoms with Crippen LogP contribution in [0.4, 0.5) is 0 Å². The van der Waals surface area contributed by atoms with Gasteiger partial charge >= 0.3 is 11.9 Å². The molecule has 0 aromatic heterocycles. The molecule has 1 fully saturated rings. The molecule has 0 aliphatic carbocycles. The second-order valence-corrected chi connectivity index (χ2v) is 4.06. The van der Waals surface area contributed by atoms with E-state index in [0.717, 1.165) is 19.3 Å². The molecule has 1 amide bonds. The lowest BCUT2D eigenvalue weighted by molar-refractivity contribution is -0.163. The first-order chi connectivity index (χ1) is 7.07. The van der Waals surface area contributed by atoms with Crippen molar-refractivity contribution >= 4 is 11.9 Å². The number of likely N-dealkylation sites (tertiary alicyclic amines) is 1. The summed E-state index contributed by atoms with van der Waals surface area (Å²) in [4.78, 5) is 24.7. The number of carbonyl (C=O) groups is 2. The van der Waals surface area contributed by atoms with Crippen LogP contribution in [0.25, 0.3) is 0 Å². The third-order valence-corrected chi connectivity index (χ3v) is 2.88. The normalized spacial score (nSPS) is 26.2. The minimum absolute atomic E-state index is 0.144. The van der Waals surface area contributed by atoms with E-state index >= 15 is 0 Å². The summed E-state index contributed by atoms with van der Waals surface area (Å²) in [7, 11) is 0. The van der Waals surface area contributed by atoms with Crippen LogP contribution >= 0.6 is 0 Å². The fraction of sp³-hybridized carbons (Fsp3) is 0.818. The molecular formula is C11H19NO3. The molecule has 4 nitrogen and oxygen atoms in total. The SMILES string of the molecule is CCOC(=O)C(=O)N1C(C)CCCC1C. The van der Waals surface area contributed by atoms with Crippen LogP contribution in [0, 0.1) is 0 Å². The summed E-state index contributed by atoms with van der Waals surface area (Å²) in [5.74, 6) is -1.21. The van der Waals surface area contributed by atoms with Crippen molar-refractivity contribution in [3.8, 4) is 0 Å². The predicted molar refractivity (Wildman–Crippen MR) is 56.3 cm³/mol. The van der Waals surface area contributed by atoms with Crippen molar-refractivity contribution in [2.75, 3.05) is 6.61 Å². The molecule has 0 saturated carbocycles. The van der Waals surface area contributed by atoms with E-state index in [0.29, 0.717) is 0 Å². The van der Waals surface area contributed by atoms with Crippen molar-refractivity contribution in [1.82, 2.24) is 4.90 Å². The quantitative estimate of drug-likeness (QED) is 0.488. The van der Waals surface area contributed by atoms with E-state index in [9.17, 15) is 9.59 Å². The first-order valence-corrected chi connectivity index (χ1v) is 5.57. The van der Waals surface area contributed by atoms with Crippen molar-refractivity contribution in [3.05, 3.63) is 0 Å². The highest BCUT2D eigenvalue weighted by molar-refractivity contribution is 6.32. The Hall–Kier alpha value is -1.06. The summed E-state index contributed by atoms with van der Waals surface area (Å²) in [6.07, 6.45) is 3.06. The second-order valence-electron chi connectivity index (χ2n) is 4.06. The van der Waals surface area contributed by atoms with Crippen LogP contribution in [-0.2, 0) is 14.3 Å². The minimum atomic E-state index is -0.724. The molecule has 0 aromatic carbocycles. The molecular weight excluding hydrogens is 194 g/mol. The van der Waals surface area contributed by atoms with E-state index in [1.54, 1.807) is 11.8 Å². The zero-order valence-electron chi connectivity index (χ0n) is 9.66. The average Bonchev–Trinajstić information content (AvgIpc) is 2.17. The fourth-order valence-electron chi connectivity index (χ4n) is 2.12. The van der Waals surface area contributed by atoms with Crippen LogP contribution in [0.3, 0.4) is 0 Å². The first-order valence-electron chi connectivity index (χ1n) is 5.57. The van der Waals surface area contributed by atoms with E-state index in [1.165, 1.54) is 0 Å². The number of rotatable bonds is 1. The molecule has 0 bridgehead atoms. The zero-order chi connectivity index (χ0) is 11.4. The standard InChI is InChI=1S/C11H19NO3/c1-4-15-11(14)10(13)12-8(2)6-5-7-9(12)3/h8-9H,4-7H2,1-3H3. The topological polar surface area (TPSA) is 46.6 Å². The van der Waals surface area contributed by atoms with E-state index < -0.39 is 11.9 Å². The van der Waals surface area contributed by atoms with Gasteiger partial charge in [0.2, 0.25) is 0 Å².